The number of carbonyl (C=O) groups excluding carboxylic acids is 3. The van der Waals surface area contributed by atoms with Crippen molar-refractivity contribution in [1.82, 2.24) is 4.90 Å². The molecule has 2 aromatic carbocycles. The van der Waals surface area contributed by atoms with E-state index in [2.05, 4.69) is 5.32 Å². The predicted molar refractivity (Wildman–Crippen MR) is 140 cm³/mol. The van der Waals surface area contributed by atoms with Gasteiger partial charge in [0.25, 0.3) is 11.8 Å². The van der Waals surface area contributed by atoms with Crippen LogP contribution in [0.2, 0.25) is 0 Å². The number of para-hydroxylation sites is 1. The van der Waals surface area contributed by atoms with E-state index in [1.54, 1.807) is 12.2 Å². The van der Waals surface area contributed by atoms with E-state index in [-0.39, 0.29) is 24.8 Å². The summed E-state index contributed by atoms with van der Waals surface area (Å²) in [5, 5.41) is 2.78. The fourth-order valence-corrected chi connectivity index (χ4v) is 4.50. The van der Waals surface area contributed by atoms with Crippen molar-refractivity contribution >= 4 is 57.8 Å². The normalized spacial score (nSPS) is 14.9. The van der Waals surface area contributed by atoms with Crippen molar-refractivity contribution in [3.05, 3.63) is 82.8 Å². The van der Waals surface area contributed by atoms with Gasteiger partial charge in [-0.1, -0.05) is 98.5 Å². The van der Waals surface area contributed by atoms with Crippen LogP contribution in [0.25, 0.3) is 6.08 Å². The summed E-state index contributed by atoms with van der Waals surface area (Å²) in [4.78, 5) is 38.8. The maximum Gasteiger partial charge on any atom is 0.308 e. The maximum atomic E-state index is 12.6. The number of esters is 1. The van der Waals surface area contributed by atoms with Gasteiger partial charge < -0.3 is 10.1 Å². The molecule has 176 valence electrons. The highest BCUT2D eigenvalue weighted by Crippen LogP contribution is 2.31. The third-order valence-corrected chi connectivity index (χ3v) is 6.37. The molecule has 6 nitrogen and oxygen atoms in total. The molecule has 0 radical (unpaired) electrons. The number of carbonyl (C=O) groups is 3. The number of benzene rings is 2. The fraction of sp³-hybridized carbons (Fsp3) is 0.231. The van der Waals surface area contributed by atoms with Crippen molar-refractivity contribution in [3.8, 4) is 0 Å². The zero-order chi connectivity index (χ0) is 24.5. The molecule has 1 heterocycles. The molecule has 1 aliphatic rings. The van der Waals surface area contributed by atoms with Crippen LogP contribution >= 0.6 is 24.0 Å². The second-order valence-corrected chi connectivity index (χ2v) is 9.50. The molecule has 2 aromatic rings. The smallest absolute Gasteiger partial charge is 0.308 e. The lowest BCUT2D eigenvalue weighted by Crippen LogP contribution is -2.31. The van der Waals surface area contributed by atoms with E-state index in [1.165, 1.54) is 16.7 Å². The summed E-state index contributed by atoms with van der Waals surface area (Å²) in [5.74, 6) is -0.996. The lowest BCUT2D eigenvalue weighted by Gasteiger charge is -2.15. The molecule has 34 heavy (non-hydrogen) atoms. The highest BCUT2D eigenvalue weighted by atomic mass is 32.2. The van der Waals surface area contributed by atoms with Gasteiger partial charge in [0.15, 0.2) is 6.61 Å². The summed E-state index contributed by atoms with van der Waals surface area (Å²) in [7, 11) is 0. The Morgan fingerprint density at radius 3 is 2.56 bits per heavy atom. The molecule has 0 bridgehead atoms. The molecule has 0 aromatic heterocycles. The van der Waals surface area contributed by atoms with E-state index in [0.717, 1.165) is 11.1 Å². The van der Waals surface area contributed by atoms with Crippen LogP contribution in [0.5, 0.6) is 0 Å². The van der Waals surface area contributed by atoms with E-state index in [9.17, 15) is 14.4 Å². The first-order valence-corrected chi connectivity index (χ1v) is 12.1. The SMILES string of the molecule is CC(C)c1ccccc1NC(=O)COC(=O)CCN1C(=O)C(=CC=Cc2ccccc2)SC1=S. The van der Waals surface area contributed by atoms with Gasteiger partial charge in [0.05, 0.1) is 11.3 Å². The maximum absolute atomic E-state index is 12.6. The zero-order valence-corrected chi connectivity index (χ0v) is 20.7. The van der Waals surface area contributed by atoms with E-state index in [1.807, 2.05) is 74.5 Å². The lowest BCUT2D eigenvalue weighted by atomic mass is 10.0. The molecular formula is C26H26N2O4S2. The zero-order valence-electron chi connectivity index (χ0n) is 19.0. The van der Waals surface area contributed by atoms with Gasteiger partial charge in [0.2, 0.25) is 0 Å². The summed E-state index contributed by atoms with van der Waals surface area (Å²) in [6, 6.07) is 17.2. The Hall–Kier alpha value is -3.23. The molecule has 2 amide bonds. The molecule has 8 heteroatoms. The molecule has 1 aliphatic heterocycles. The fourth-order valence-electron chi connectivity index (χ4n) is 3.24. The minimum absolute atomic E-state index is 0.0601. The first-order chi connectivity index (χ1) is 16.3. The lowest BCUT2D eigenvalue weighted by molar-refractivity contribution is -0.147. The van der Waals surface area contributed by atoms with Crippen LogP contribution in [-0.2, 0) is 19.1 Å². The molecule has 1 fully saturated rings. The number of allylic oxidation sites excluding steroid dienone is 2. The van der Waals surface area contributed by atoms with E-state index in [4.69, 9.17) is 17.0 Å². The predicted octanol–water partition coefficient (Wildman–Crippen LogP) is 5.14. The molecule has 3 rings (SSSR count). The van der Waals surface area contributed by atoms with Crippen LogP contribution in [0, 0.1) is 0 Å². The highest BCUT2D eigenvalue weighted by Gasteiger charge is 2.31. The van der Waals surface area contributed by atoms with Crippen LogP contribution < -0.4 is 5.32 Å². The largest absolute Gasteiger partial charge is 0.456 e. The summed E-state index contributed by atoms with van der Waals surface area (Å²) in [6.45, 7) is 3.77. The monoisotopic (exact) mass is 494 g/mol. The number of hydrogen-bond donors (Lipinski definition) is 1. The van der Waals surface area contributed by atoms with Gasteiger partial charge in [0, 0.05) is 12.2 Å². The average Bonchev–Trinajstić information content (AvgIpc) is 3.09. The number of ether oxygens (including phenoxy) is 1. The van der Waals surface area contributed by atoms with Gasteiger partial charge in [-0.25, -0.2) is 0 Å². The van der Waals surface area contributed by atoms with Gasteiger partial charge in [-0.05, 0) is 29.2 Å². The van der Waals surface area contributed by atoms with Gasteiger partial charge in [-0.15, -0.1) is 0 Å². The molecule has 0 unspecified atom stereocenters. The van der Waals surface area contributed by atoms with Crippen LogP contribution in [0.3, 0.4) is 0 Å². The molecule has 0 saturated carbocycles. The Labute approximate surface area is 209 Å². The van der Waals surface area contributed by atoms with E-state index < -0.39 is 18.5 Å². The minimum Gasteiger partial charge on any atom is -0.456 e. The number of amides is 2. The Morgan fingerprint density at radius 1 is 1.12 bits per heavy atom. The third kappa shape index (κ3) is 7.13. The Morgan fingerprint density at radius 2 is 1.82 bits per heavy atom. The van der Waals surface area contributed by atoms with Gasteiger partial charge in [-0.3, -0.25) is 19.3 Å². The van der Waals surface area contributed by atoms with Crippen LogP contribution in [0.15, 0.2) is 71.7 Å². The second-order valence-electron chi connectivity index (χ2n) is 7.83. The number of nitrogens with zero attached hydrogens (tertiary/aromatic N) is 1. The number of thioether (sulfide) groups is 1. The summed E-state index contributed by atoms with van der Waals surface area (Å²) in [5.41, 5.74) is 2.72. The third-order valence-electron chi connectivity index (χ3n) is 4.97. The molecule has 0 aliphatic carbocycles. The average molecular weight is 495 g/mol. The molecule has 1 N–H and O–H groups in total. The van der Waals surface area contributed by atoms with Crippen molar-refractivity contribution in [2.45, 2.75) is 26.2 Å². The Kier molecular flexibility index (Phi) is 9.18. The topological polar surface area (TPSA) is 75.7 Å². The number of hydrogen-bond acceptors (Lipinski definition) is 6. The number of anilines is 1. The molecule has 0 spiro atoms. The van der Waals surface area contributed by atoms with Crippen molar-refractivity contribution in [3.63, 3.8) is 0 Å². The highest BCUT2D eigenvalue weighted by molar-refractivity contribution is 8.26. The summed E-state index contributed by atoms with van der Waals surface area (Å²) in [6.07, 6.45) is 5.35. The van der Waals surface area contributed by atoms with E-state index in [0.29, 0.717) is 14.9 Å². The number of thiocarbonyl (C=S) groups is 1. The van der Waals surface area contributed by atoms with Crippen molar-refractivity contribution < 1.29 is 19.1 Å². The standard InChI is InChI=1S/C26H26N2O4S2/c1-18(2)20-12-6-7-13-21(20)27-23(29)17-32-24(30)15-16-28-25(31)22(34-26(28)33)14-8-11-19-9-4-3-5-10-19/h3-14,18H,15-17H2,1-2H3,(H,27,29). The first kappa shape index (κ1) is 25.4. The minimum atomic E-state index is -0.575. The Balaban J connectivity index is 1.46. The number of rotatable bonds is 9. The molecule has 1 saturated heterocycles. The van der Waals surface area contributed by atoms with Crippen molar-refractivity contribution in [2.24, 2.45) is 0 Å². The van der Waals surface area contributed by atoms with Gasteiger partial charge >= 0.3 is 5.97 Å². The van der Waals surface area contributed by atoms with Gasteiger partial charge in [0.1, 0.15) is 4.32 Å². The van der Waals surface area contributed by atoms with Crippen LogP contribution in [0.1, 0.15) is 37.3 Å². The van der Waals surface area contributed by atoms with Crippen LogP contribution in [-0.4, -0.2) is 40.2 Å². The van der Waals surface area contributed by atoms with Crippen molar-refractivity contribution in [1.29, 1.82) is 0 Å². The quantitative estimate of drug-likeness (QED) is 0.296. The number of nitrogens with one attached hydrogen (secondary N) is 1. The molecular weight excluding hydrogens is 468 g/mol. The Bertz CT molecular complexity index is 1130. The van der Waals surface area contributed by atoms with Gasteiger partial charge in [-0.2, -0.15) is 0 Å². The van der Waals surface area contributed by atoms with Crippen molar-refractivity contribution in [2.75, 3.05) is 18.5 Å². The summed E-state index contributed by atoms with van der Waals surface area (Å²) >= 11 is 6.48. The van der Waals surface area contributed by atoms with E-state index >= 15 is 0 Å². The first-order valence-electron chi connectivity index (χ1n) is 10.9. The van der Waals surface area contributed by atoms with Crippen LogP contribution in [0.4, 0.5) is 5.69 Å². The summed E-state index contributed by atoms with van der Waals surface area (Å²) < 4.78 is 5.47. The second kappa shape index (κ2) is 12.3. The molecule has 0 atom stereocenters.